The Balaban J connectivity index is 1.19. The summed E-state index contributed by atoms with van der Waals surface area (Å²) in [7, 11) is 0. The topological polar surface area (TPSA) is 172 Å². The van der Waals surface area contributed by atoms with Crippen molar-refractivity contribution in [3.05, 3.63) is 47.4 Å². The van der Waals surface area contributed by atoms with E-state index in [9.17, 15) is 24.3 Å². The first-order valence-electron chi connectivity index (χ1n) is 19.3. The van der Waals surface area contributed by atoms with Gasteiger partial charge in [0.05, 0.1) is 17.8 Å². The fourth-order valence-corrected chi connectivity index (χ4v) is 8.75. The number of ether oxygens (including phenoxy) is 2. The number of aryl methyl sites for hydroxylation is 1. The smallest absolute Gasteiger partial charge is 0.408 e. The third kappa shape index (κ3) is 8.33. The summed E-state index contributed by atoms with van der Waals surface area (Å²) in [5.41, 5.74) is 1.62. The van der Waals surface area contributed by atoms with Crippen LogP contribution in [-0.4, -0.2) is 86.3 Å². The van der Waals surface area contributed by atoms with Gasteiger partial charge in [0.15, 0.2) is 5.13 Å². The van der Waals surface area contributed by atoms with Crippen LogP contribution in [0.4, 0.5) is 9.93 Å². The van der Waals surface area contributed by atoms with Crippen molar-refractivity contribution in [3.8, 4) is 17.1 Å². The normalized spacial score (nSPS) is 27.0. The summed E-state index contributed by atoms with van der Waals surface area (Å²) in [4.78, 5) is 65.5. The Morgan fingerprint density at radius 2 is 1.83 bits per heavy atom. The molecule has 3 amide bonds. The molecule has 7 rings (SSSR count). The van der Waals surface area contributed by atoms with Crippen molar-refractivity contribution in [3.63, 3.8) is 0 Å². The van der Waals surface area contributed by atoms with E-state index in [1.165, 1.54) is 16.2 Å². The summed E-state index contributed by atoms with van der Waals surface area (Å²) in [5.74, 6) is -1.89. The van der Waals surface area contributed by atoms with Gasteiger partial charge in [0.2, 0.25) is 11.8 Å². The summed E-state index contributed by atoms with van der Waals surface area (Å²) in [6.07, 6.45) is 9.88. The molecule has 2 saturated carbocycles. The number of hydrogen-bond donors (Lipinski definition) is 4. The van der Waals surface area contributed by atoms with Crippen LogP contribution in [0.25, 0.3) is 22.3 Å². The number of hydrogen-bond acceptors (Lipinski definition) is 10. The van der Waals surface area contributed by atoms with E-state index in [0.29, 0.717) is 30.0 Å². The van der Waals surface area contributed by atoms with Crippen LogP contribution >= 0.6 is 11.3 Å². The number of carboxylic acids is 1. The number of carboxylic acid groups (broad SMARTS) is 1. The lowest BCUT2D eigenvalue weighted by Gasteiger charge is -2.29. The van der Waals surface area contributed by atoms with Gasteiger partial charge >= 0.3 is 12.1 Å². The first-order valence-corrected chi connectivity index (χ1v) is 20.2. The van der Waals surface area contributed by atoms with Crippen molar-refractivity contribution in [2.24, 2.45) is 5.92 Å². The molecule has 0 bridgehead atoms. The van der Waals surface area contributed by atoms with Crippen molar-refractivity contribution >= 4 is 51.2 Å². The first kappa shape index (κ1) is 37.6. The highest BCUT2D eigenvalue weighted by atomic mass is 32.1. The molecule has 4 heterocycles. The van der Waals surface area contributed by atoms with Gasteiger partial charge in [-0.3, -0.25) is 9.59 Å². The number of allylic oxidation sites excluding steroid dienone is 1. The largest absolute Gasteiger partial charge is 0.488 e. The predicted molar refractivity (Wildman–Crippen MR) is 205 cm³/mol. The minimum absolute atomic E-state index is 0.0559. The van der Waals surface area contributed by atoms with Crippen LogP contribution in [0.3, 0.4) is 0 Å². The van der Waals surface area contributed by atoms with Crippen LogP contribution in [0.2, 0.25) is 0 Å². The summed E-state index contributed by atoms with van der Waals surface area (Å²) >= 11 is 1.49. The van der Waals surface area contributed by atoms with Crippen LogP contribution in [-0.2, 0) is 19.1 Å². The lowest BCUT2D eigenvalue weighted by molar-refractivity contribution is -0.145. The number of pyridine rings is 1. The molecule has 2 aliphatic heterocycles. The fourth-order valence-electron chi connectivity index (χ4n) is 7.90. The van der Waals surface area contributed by atoms with Gasteiger partial charge in [-0.15, -0.1) is 11.3 Å². The molecular formula is C40H50N6O7S. The van der Waals surface area contributed by atoms with E-state index in [0.717, 1.165) is 66.5 Å². The Bertz CT molecular complexity index is 1930. The second-order valence-electron chi connectivity index (χ2n) is 15.5. The van der Waals surface area contributed by atoms with Gasteiger partial charge in [0.25, 0.3) is 0 Å². The number of fused-ring (bicyclic) bond motifs is 3. The number of carbonyl (C=O) groups excluding carboxylic acids is 3. The Morgan fingerprint density at radius 3 is 2.61 bits per heavy atom. The monoisotopic (exact) mass is 758 g/mol. The Hall–Kier alpha value is -4.72. The van der Waals surface area contributed by atoms with E-state index < -0.39 is 47.6 Å². The number of alkyl carbamates (subject to hydrolysis) is 1. The molecule has 14 heteroatoms. The SMILES string of the molecule is Cc1ccc2c(O[C@@H]3C[C@H]4C(=O)N[C@]5(C(=O)O)C[C@H]5/C=C\CCCCC[C@H](NC(=O)OC5CCCC5)C(=O)N4C3)cc(-c3csc(NC(C)C)n3)nc2c1. The third-order valence-electron chi connectivity index (χ3n) is 10.9. The Kier molecular flexibility index (Phi) is 11.1. The van der Waals surface area contributed by atoms with Crippen molar-refractivity contribution in [1.29, 1.82) is 0 Å². The van der Waals surface area contributed by atoms with E-state index in [4.69, 9.17) is 19.4 Å². The van der Waals surface area contributed by atoms with E-state index >= 15 is 0 Å². The highest BCUT2D eigenvalue weighted by molar-refractivity contribution is 7.14. The van der Waals surface area contributed by atoms with Crippen molar-refractivity contribution < 1.29 is 33.8 Å². The number of anilines is 1. The number of amides is 3. The highest BCUT2D eigenvalue weighted by Crippen LogP contribution is 2.45. The van der Waals surface area contributed by atoms with E-state index in [2.05, 4.69) is 16.0 Å². The molecule has 2 aliphatic carbocycles. The number of nitrogens with one attached hydrogen (secondary N) is 3. The number of thiazole rings is 1. The third-order valence-corrected chi connectivity index (χ3v) is 11.7. The molecule has 1 saturated heterocycles. The maximum absolute atomic E-state index is 14.5. The highest BCUT2D eigenvalue weighted by Gasteiger charge is 2.61. The number of rotatable bonds is 8. The molecule has 5 atom stereocenters. The summed E-state index contributed by atoms with van der Waals surface area (Å²) in [6, 6.07) is 6.01. The average Bonchev–Trinajstić information content (AvgIpc) is 3.55. The summed E-state index contributed by atoms with van der Waals surface area (Å²) in [5, 5.41) is 22.7. The van der Waals surface area contributed by atoms with Crippen LogP contribution in [0.15, 0.2) is 41.8 Å². The summed E-state index contributed by atoms with van der Waals surface area (Å²) < 4.78 is 12.4. The quantitative estimate of drug-likeness (QED) is 0.190. The average molecular weight is 759 g/mol. The molecule has 0 radical (unpaired) electrons. The zero-order chi connectivity index (χ0) is 38.0. The molecule has 2 aromatic heterocycles. The molecule has 54 heavy (non-hydrogen) atoms. The van der Waals surface area contributed by atoms with Crippen LogP contribution in [0.1, 0.15) is 90.0 Å². The predicted octanol–water partition coefficient (Wildman–Crippen LogP) is 6.35. The van der Waals surface area contributed by atoms with Gasteiger partial charge in [0.1, 0.15) is 41.3 Å². The summed E-state index contributed by atoms with van der Waals surface area (Å²) in [6.45, 7) is 6.15. The maximum Gasteiger partial charge on any atom is 0.408 e. The van der Waals surface area contributed by atoms with Crippen LogP contribution in [0.5, 0.6) is 5.75 Å². The molecule has 3 aromatic rings. The second kappa shape index (κ2) is 15.9. The fraction of sp³-hybridized carbons (Fsp3) is 0.550. The van der Waals surface area contributed by atoms with Gasteiger partial charge in [-0.25, -0.2) is 19.6 Å². The zero-order valence-corrected chi connectivity index (χ0v) is 32.0. The van der Waals surface area contributed by atoms with Crippen molar-refractivity contribution in [2.45, 2.75) is 127 Å². The van der Waals surface area contributed by atoms with Crippen molar-refractivity contribution in [1.82, 2.24) is 25.5 Å². The Labute approximate surface area is 319 Å². The van der Waals surface area contributed by atoms with Crippen molar-refractivity contribution in [2.75, 3.05) is 11.9 Å². The minimum atomic E-state index is -1.44. The lowest BCUT2D eigenvalue weighted by atomic mass is 10.0. The Morgan fingerprint density at radius 1 is 1.04 bits per heavy atom. The molecule has 0 spiro atoms. The van der Waals surface area contributed by atoms with Gasteiger partial charge in [-0.2, -0.15) is 0 Å². The maximum atomic E-state index is 14.5. The molecule has 288 valence electrons. The van der Waals surface area contributed by atoms with Gasteiger partial charge in [-0.1, -0.05) is 31.1 Å². The van der Waals surface area contributed by atoms with E-state index in [-0.39, 0.29) is 37.5 Å². The number of benzene rings is 1. The molecule has 4 N–H and O–H groups in total. The molecule has 13 nitrogen and oxygen atoms in total. The second-order valence-corrected chi connectivity index (χ2v) is 16.4. The zero-order valence-electron chi connectivity index (χ0n) is 31.1. The molecule has 4 aliphatic rings. The molecular weight excluding hydrogens is 709 g/mol. The van der Waals surface area contributed by atoms with Gasteiger partial charge in [0, 0.05) is 35.2 Å². The van der Waals surface area contributed by atoms with Crippen LogP contribution < -0.4 is 20.7 Å². The van der Waals surface area contributed by atoms with Gasteiger partial charge < -0.3 is 35.4 Å². The van der Waals surface area contributed by atoms with Crippen LogP contribution in [0, 0.1) is 12.8 Å². The number of carbonyl (C=O) groups is 4. The lowest BCUT2D eigenvalue weighted by Crippen LogP contribution is -2.56. The number of nitrogens with zero attached hydrogens (tertiary/aromatic N) is 3. The van der Waals surface area contributed by atoms with E-state index in [1.54, 1.807) is 0 Å². The first-order chi connectivity index (χ1) is 26.0. The molecule has 3 fully saturated rings. The van der Waals surface area contributed by atoms with E-state index in [1.807, 2.05) is 62.6 Å². The minimum Gasteiger partial charge on any atom is -0.488 e. The molecule has 1 aromatic carbocycles. The number of aliphatic carboxylic acids is 1. The van der Waals surface area contributed by atoms with Gasteiger partial charge in [-0.05, 0) is 89.8 Å². The molecule has 0 unspecified atom stereocenters. The standard InChI is InChI=1S/C40H50N6O7S/c1-23(2)41-38-43-32(22-54-38)31-19-34(28-16-15-24(3)17-30(28)42-31)52-27-18-33-35(47)45-40(37(49)50)20-25(40)11-7-5-4-6-8-14-29(36(48)46(33)21-27)44-39(51)53-26-12-9-10-13-26/h7,11,15-17,19,22-23,25-27,29,33H,4-6,8-10,12-14,18,20-21H2,1-3H3,(H,41,43)(H,44,51)(H,45,47)(H,49,50)/b11-7-/t25-,27-,29+,33+,40-/m1/s1. The number of aromatic nitrogens is 2.